The quantitative estimate of drug-likeness (QED) is 0.776. The van der Waals surface area contributed by atoms with E-state index in [0.717, 1.165) is 18.7 Å². The minimum atomic E-state index is -0.507. The third-order valence-electron chi connectivity index (χ3n) is 3.11. The van der Waals surface area contributed by atoms with Gasteiger partial charge in [0.2, 0.25) is 5.91 Å². The maximum absolute atomic E-state index is 13.1. The SMILES string of the molecule is CCN(CC)C(=O)CCNCc1ccc(F)c(C#N)c1. The van der Waals surface area contributed by atoms with Crippen LogP contribution in [0.2, 0.25) is 0 Å². The molecule has 108 valence electrons. The summed E-state index contributed by atoms with van der Waals surface area (Å²) in [6, 6.07) is 6.26. The second-order valence-electron chi connectivity index (χ2n) is 4.42. The highest BCUT2D eigenvalue weighted by Gasteiger charge is 2.08. The fourth-order valence-electron chi connectivity index (χ4n) is 1.93. The van der Waals surface area contributed by atoms with E-state index in [-0.39, 0.29) is 11.5 Å². The van der Waals surface area contributed by atoms with Crippen LogP contribution in [-0.4, -0.2) is 30.4 Å². The van der Waals surface area contributed by atoms with Gasteiger partial charge in [0, 0.05) is 32.6 Å². The number of nitrogens with one attached hydrogen (secondary N) is 1. The van der Waals surface area contributed by atoms with Gasteiger partial charge in [-0.1, -0.05) is 6.07 Å². The van der Waals surface area contributed by atoms with Crippen molar-refractivity contribution in [3.8, 4) is 6.07 Å². The molecule has 0 saturated carbocycles. The summed E-state index contributed by atoms with van der Waals surface area (Å²) in [4.78, 5) is 13.5. The van der Waals surface area contributed by atoms with Crippen LogP contribution in [0, 0.1) is 17.1 Å². The Morgan fingerprint density at radius 3 is 2.70 bits per heavy atom. The molecule has 1 N–H and O–H groups in total. The van der Waals surface area contributed by atoms with Crippen LogP contribution in [0.1, 0.15) is 31.4 Å². The van der Waals surface area contributed by atoms with Crippen molar-refractivity contribution in [1.29, 1.82) is 5.26 Å². The van der Waals surface area contributed by atoms with Crippen LogP contribution >= 0.6 is 0 Å². The van der Waals surface area contributed by atoms with Gasteiger partial charge in [-0.2, -0.15) is 5.26 Å². The Balaban J connectivity index is 2.38. The van der Waals surface area contributed by atoms with Crippen LogP contribution < -0.4 is 5.32 Å². The normalized spacial score (nSPS) is 10.1. The van der Waals surface area contributed by atoms with Gasteiger partial charge in [0.05, 0.1) is 5.56 Å². The van der Waals surface area contributed by atoms with E-state index in [9.17, 15) is 9.18 Å². The van der Waals surface area contributed by atoms with E-state index in [1.807, 2.05) is 19.9 Å². The molecular weight excluding hydrogens is 257 g/mol. The van der Waals surface area contributed by atoms with E-state index in [1.54, 1.807) is 11.0 Å². The molecule has 1 amide bonds. The highest BCUT2D eigenvalue weighted by Crippen LogP contribution is 2.09. The number of hydrogen-bond donors (Lipinski definition) is 1. The molecule has 0 aliphatic rings. The number of hydrogen-bond acceptors (Lipinski definition) is 3. The van der Waals surface area contributed by atoms with E-state index >= 15 is 0 Å². The van der Waals surface area contributed by atoms with Crippen molar-refractivity contribution in [2.75, 3.05) is 19.6 Å². The smallest absolute Gasteiger partial charge is 0.223 e. The lowest BCUT2D eigenvalue weighted by molar-refractivity contribution is -0.130. The number of carbonyl (C=O) groups is 1. The first kappa shape index (κ1) is 16.1. The molecule has 0 bridgehead atoms. The van der Waals surface area contributed by atoms with Gasteiger partial charge in [-0.15, -0.1) is 0 Å². The summed E-state index contributed by atoms with van der Waals surface area (Å²) in [7, 11) is 0. The van der Waals surface area contributed by atoms with E-state index in [4.69, 9.17) is 5.26 Å². The molecule has 0 radical (unpaired) electrons. The Hall–Kier alpha value is -1.93. The maximum Gasteiger partial charge on any atom is 0.223 e. The Labute approximate surface area is 119 Å². The van der Waals surface area contributed by atoms with E-state index in [1.165, 1.54) is 12.1 Å². The highest BCUT2D eigenvalue weighted by molar-refractivity contribution is 5.76. The Morgan fingerprint density at radius 2 is 2.10 bits per heavy atom. The summed E-state index contributed by atoms with van der Waals surface area (Å²) in [6.07, 6.45) is 0.438. The van der Waals surface area contributed by atoms with E-state index in [0.29, 0.717) is 19.5 Å². The molecule has 0 aliphatic heterocycles. The summed E-state index contributed by atoms with van der Waals surface area (Å²) >= 11 is 0. The summed E-state index contributed by atoms with van der Waals surface area (Å²) in [6.45, 7) is 6.43. The van der Waals surface area contributed by atoms with Crippen molar-refractivity contribution in [3.05, 3.63) is 35.1 Å². The monoisotopic (exact) mass is 277 g/mol. The molecule has 1 aromatic carbocycles. The predicted octanol–water partition coefficient (Wildman–Crippen LogP) is 2.05. The minimum absolute atomic E-state index is 0.0449. The Bertz CT molecular complexity index is 492. The zero-order valence-electron chi connectivity index (χ0n) is 11.9. The van der Waals surface area contributed by atoms with Crippen LogP contribution in [0.4, 0.5) is 4.39 Å². The molecule has 1 rings (SSSR count). The summed E-state index contributed by atoms with van der Waals surface area (Å²) in [5, 5.41) is 11.9. The standard InChI is InChI=1S/C15H20FN3O/c1-3-19(4-2)15(20)7-8-18-11-12-5-6-14(16)13(9-12)10-17/h5-6,9,18H,3-4,7-8,11H2,1-2H3. The van der Waals surface area contributed by atoms with Gasteiger partial charge in [-0.25, -0.2) is 4.39 Å². The zero-order chi connectivity index (χ0) is 15.0. The summed E-state index contributed by atoms with van der Waals surface area (Å²) < 4.78 is 13.1. The fraction of sp³-hybridized carbons (Fsp3) is 0.467. The third-order valence-corrected chi connectivity index (χ3v) is 3.11. The van der Waals surface area contributed by atoms with Crippen molar-refractivity contribution >= 4 is 5.91 Å². The molecular formula is C15H20FN3O. The van der Waals surface area contributed by atoms with E-state index < -0.39 is 5.82 Å². The predicted molar refractivity (Wildman–Crippen MR) is 75.4 cm³/mol. The molecule has 0 heterocycles. The van der Waals surface area contributed by atoms with Crippen molar-refractivity contribution < 1.29 is 9.18 Å². The first-order chi connectivity index (χ1) is 9.62. The number of nitrogens with zero attached hydrogens (tertiary/aromatic N) is 2. The fourth-order valence-corrected chi connectivity index (χ4v) is 1.93. The lowest BCUT2D eigenvalue weighted by Crippen LogP contribution is -2.32. The van der Waals surface area contributed by atoms with Crippen molar-refractivity contribution in [3.63, 3.8) is 0 Å². The molecule has 20 heavy (non-hydrogen) atoms. The lowest BCUT2D eigenvalue weighted by Gasteiger charge is -2.18. The van der Waals surface area contributed by atoms with Gasteiger partial charge in [-0.3, -0.25) is 4.79 Å². The van der Waals surface area contributed by atoms with Crippen molar-refractivity contribution in [1.82, 2.24) is 10.2 Å². The second-order valence-corrected chi connectivity index (χ2v) is 4.42. The first-order valence-corrected chi connectivity index (χ1v) is 6.79. The molecule has 0 fully saturated rings. The van der Waals surface area contributed by atoms with Gasteiger partial charge in [0.1, 0.15) is 11.9 Å². The van der Waals surface area contributed by atoms with Gasteiger partial charge in [0.25, 0.3) is 0 Å². The molecule has 0 atom stereocenters. The minimum Gasteiger partial charge on any atom is -0.343 e. The molecule has 0 aromatic heterocycles. The highest BCUT2D eigenvalue weighted by atomic mass is 19.1. The molecule has 0 saturated heterocycles. The molecule has 0 spiro atoms. The van der Waals surface area contributed by atoms with Crippen LogP contribution in [0.3, 0.4) is 0 Å². The summed E-state index contributed by atoms with van der Waals surface area (Å²) in [5.41, 5.74) is 0.877. The van der Waals surface area contributed by atoms with E-state index in [2.05, 4.69) is 5.32 Å². The van der Waals surface area contributed by atoms with Gasteiger partial charge in [0.15, 0.2) is 0 Å². The van der Waals surface area contributed by atoms with Crippen LogP contribution in [0.5, 0.6) is 0 Å². The summed E-state index contributed by atoms with van der Waals surface area (Å²) in [5.74, 6) is -0.382. The molecule has 4 nitrogen and oxygen atoms in total. The third kappa shape index (κ3) is 4.63. The average molecular weight is 277 g/mol. The van der Waals surface area contributed by atoms with Crippen molar-refractivity contribution in [2.45, 2.75) is 26.8 Å². The largest absolute Gasteiger partial charge is 0.343 e. The number of carbonyl (C=O) groups excluding carboxylic acids is 1. The maximum atomic E-state index is 13.1. The number of benzene rings is 1. The number of nitriles is 1. The lowest BCUT2D eigenvalue weighted by atomic mass is 10.1. The molecule has 5 heteroatoms. The van der Waals surface area contributed by atoms with Gasteiger partial charge < -0.3 is 10.2 Å². The second kappa shape index (κ2) is 8.28. The topological polar surface area (TPSA) is 56.1 Å². The average Bonchev–Trinajstić information content (AvgIpc) is 2.46. The number of amides is 1. The van der Waals surface area contributed by atoms with Crippen LogP contribution in [0.25, 0.3) is 0 Å². The Kier molecular flexibility index (Phi) is 6.68. The van der Waals surface area contributed by atoms with Gasteiger partial charge in [-0.05, 0) is 31.5 Å². The molecule has 0 unspecified atom stereocenters. The molecule has 0 aliphatic carbocycles. The van der Waals surface area contributed by atoms with Crippen molar-refractivity contribution in [2.24, 2.45) is 0 Å². The number of halogens is 1. The Morgan fingerprint density at radius 1 is 1.40 bits per heavy atom. The first-order valence-electron chi connectivity index (χ1n) is 6.79. The number of rotatable bonds is 7. The van der Waals surface area contributed by atoms with Crippen LogP contribution in [-0.2, 0) is 11.3 Å². The van der Waals surface area contributed by atoms with Gasteiger partial charge >= 0.3 is 0 Å². The molecule has 1 aromatic rings. The van der Waals surface area contributed by atoms with Crippen LogP contribution in [0.15, 0.2) is 18.2 Å². The zero-order valence-corrected chi connectivity index (χ0v) is 11.9.